The standard InChI is InChI=1S/C9H3ClF3NO3S2/c10-19(16,17)8-2-7(18-9(11,12)13)5(3-14)1-6(8)4-15/h1-2,4H. The van der Waals surface area contributed by atoms with Gasteiger partial charge in [-0.2, -0.15) is 18.4 Å². The second-order valence-corrected chi connectivity index (χ2v) is 6.74. The van der Waals surface area contributed by atoms with E-state index in [0.717, 1.165) is 6.07 Å². The Balaban J connectivity index is 3.57. The van der Waals surface area contributed by atoms with Crippen LogP contribution in [0.15, 0.2) is 21.9 Å². The average molecular weight is 330 g/mol. The van der Waals surface area contributed by atoms with Crippen molar-refractivity contribution in [1.82, 2.24) is 0 Å². The van der Waals surface area contributed by atoms with E-state index in [1.54, 1.807) is 0 Å². The van der Waals surface area contributed by atoms with Gasteiger partial charge in [-0.3, -0.25) is 4.79 Å². The Morgan fingerprint density at radius 3 is 2.32 bits per heavy atom. The first-order valence-corrected chi connectivity index (χ1v) is 7.45. The molecule has 0 unspecified atom stereocenters. The topological polar surface area (TPSA) is 75.0 Å². The van der Waals surface area contributed by atoms with Gasteiger partial charge in [0.1, 0.15) is 6.07 Å². The molecule has 0 bridgehead atoms. The minimum atomic E-state index is -4.71. The van der Waals surface area contributed by atoms with Crippen LogP contribution < -0.4 is 0 Å². The molecule has 0 aliphatic heterocycles. The first-order valence-electron chi connectivity index (χ1n) is 4.32. The average Bonchev–Trinajstić information content (AvgIpc) is 2.25. The van der Waals surface area contributed by atoms with E-state index in [1.165, 1.54) is 6.07 Å². The third-order valence-corrected chi connectivity index (χ3v) is 4.01. The first kappa shape index (κ1) is 15.8. The maximum Gasteiger partial charge on any atom is 0.446 e. The molecule has 0 atom stereocenters. The molecule has 0 aliphatic rings. The van der Waals surface area contributed by atoms with Crippen molar-refractivity contribution < 1.29 is 26.4 Å². The summed E-state index contributed by atoms with van der Waals surface area (Å²) in [6, 6.07) is 2.76. The van der Waals surface area contributed by atoms with Crippen molar-refractivity contribution in [2.24, 2.45) is 0 Å². The zero-order valence-corrected chi connectivity index (χ0v) is 11.1. The van der Waals surface area contributed by atoms with Gasteiger partial charge in [0.25, 0.3) is 9.05 Å². The smallest absolute Gasteiger partial charge is 0.298 e. The Kier molecular flexibility index (Phi) is 4.50. The lowest BCUT2D eigenvalue weighted by molar-refractivity contribution is -0.0328. The lowest BCUT2D eigenvalue weighted by Gasteiger charge is -2.09. The molecule has 0 radical (unpaired) electrons. The van der Waals surface area contributed by atoms with Crippen LogP contribution in [0.4, 0.5) is 13.2 Å². The number of carbonyl (C=O) groups excluding carboxylic acids is 1. The highest BCUT2D eigenvalue weighted by Gasteiger charge is 2.32. The van der Waals surface area contributed by atoms with E-state index in [1.807, 2.05) is 0 Å². The Labute approximate surface area is 114 Å². The van der Waals surface area contributed by atoms with Crippen molar-refractivity contribution in [3.05, 3.63) is 23.3 Å². The Bertz CT molecular complexity index is 665. The molecule has 4 nitrogen and oxygen atoms in total. The van der Waals surface area contributed by atoms with Crippen LogP contribution in [0, 0.1) is 11.3 Å². The normalized spacial score (nSPS) is 11.9. The summed E-state index contributed by atoms with van der Waals surface area (Å²) in [5.74, 6) is 0. The lowest BCUT2D eigenvalue weighted by atomic mass is 10.1. The quantitative estimate of drug-likeness (QED) is 0.484. The molecule has 10 heteroatoms. The molecule has 1 aromatic rings. The fourth-order valence-electron chi connectivity index (χ4n) is 1.18. The van der Waals surface area contributed by atoms with Crippen LogP contribution >= 0.6 is 22.4 Å². The van der Waals surface area contributed by atoms with Gasteiger partial charge in [0.15, 0.2) is 6.29 Å². The van der Waals surface area contributed by atoms with Gasteiger partial charge in [-0.15, -0.1) is 0 Å². The van der Waals surface area contributed by atoms with Crippen LogP contribution in [0.3, 0.4) is 0 Å². The van der Waals surface area contributed by atoms with Gasteiger partial charge in [0, 0.05) is 21.1 Å². The highest BCUT2D eigenvalue weighted by Crippen LogP contribution is 2.40. The molecule has 0 fully saturated rings. The number of benzene rings is 1. The molecule has 1 rings (SSSR count). The number of hydrogen-bond donors (Lipinski definition) is 0. The number of aldehydes is 1. The molecule has 0 aromatic heterocycles. The van der Waals surface area contributed by atoms with Crippen LogP contribution in [0.25, 0.3) is 0 Å². The van der Waals surface area contributed by atoms with Crippen molar-refractivity contribution in [1.29, 1.82) is 5.26 Å². The van der Waals surface area contributed by atoms with E-state index in [9.17, 15) is 26.4 Å². The highest BCUT2D eigenvalue weighted by atomic mass is 35.7. The van der Waals surface area contributed by atoms with E-state index < -0.39 is 47.2 Å². The minimum Gasteiger partial charge on any atom is -0.298 e. The highest BCUT2D eigenvalue weighted by molar-refractivity contribution is 8.13. The minimum absolute atomic E-state index is 0.0954. The molecular formula is C9H3ClF3NO3S2. The summed E-state index contributed by atoms with van der Waals surface area (Å²) < 4.78 is 59.1. The van der Waals surface area contributed by atoms with Crippen LogP contribution in [-0.4, -0.2) is 20.2 Å². The van der Waals surface area contributed by atoms with Crippen molar-refractivity contribution in [2.45, 2.75) is 15.3 Å². The second kappa shape index (κ2) is 5.40. The maximum absolute atomic E-state index is 12.3. The van der Waals surface area contributed by atoms with Crippen LogP contribution in [0.2, 0.25) is 0 Å². The fraction of sp³-hybridized carbons (Fsp3) is 0.111. The van der Waals surface area contributed by atoms with E-state index in [2.05, 4.69) is 0 Å². The van der Waals surface area contributed by atoms with Gasteiger partial charge >= 0.3 is 5.51 Å². The molecule has 0 heterocycles. The SMILES string of the molecule is N#Cc1cc(C=O)c(S(=O)(=O)Cl)cc1SC(F)(F)F. The van der Waals surface area contributed by atoms with Crippen molar-refractivity contribution in [2.75, 3.05) is 0 Å². The number of nitrogens with zero attached hydrogens (tertiary/aromatic N) is 1. The molecule has 0 saturated carbocycles. The summed E-state index contributed by atoms with van der Waals surface area (Å²) >= 11 is -0.660. The third-order valence-electron chi connectivity index (χ3n) is 1.85. The van der Waals surface area contributed by atoms with Gasteiger partial charge < -0.3 is 0 Å². The van der Waals surface area contributed by atoms with Crippen LogP contribution in [0.5, 0.6) is 0 Å². The number of hydrogen-bond acceptors (Lipinski definition) is 5. The molecule has 0 saturated heterocycles. The number of halogens is 4. The summed E-state index contributed by atoms with van der Waals surface area (Å²) in [6.07, 6.45) is 0.0954. The predicted molar refractivity (Wildman–Crippen MR) is 61.5 cm³/mol. The molecule has 0 spiro atoms. The molecule has 0 amide bonds. The number of alkyl halides is 3. The Hall–Kier alpha value is -1.24. The Morgan fingerprint density at radius 1 is 1.37 bits per heavy atom. The van der Waals surface area contributed by atoms with Gasteiger partial charge in [0.05, 0.1) is 10.5 Å². The first-order chi connectivity index (χ1) is 8.58. The van der Waals surface area contributed by atoms with E-state index >= 15 is 0 Å². The Morgan fingerprint density at radius 2 is 1.95 bits per heavy atom. The maximum atomic E-state index is 12.3. The van der Waals surface area contributed by atoms with Gasteiger partial charge in [-0.1, -0.05) is 0 Å². The van der Waals surface area contributed by atoms with E-state index in [-0.39, 0.29) is 6.29 Å². The number of nitriles is 1. The third kappa shape index (κ3) is 4.12. The fourth-order valence-corrected chi connectivity index (χ4v) is 2.94. The van der Waals surface area contributed by atoms with E-state index in [4.69, 9.17) is 15.9 Å². The molecule has 0 N–H and O–H groups in total. The van der Waals surface area contributed by atoms with Crippen molar-refractivity contribution in [3.8, 4) is 6.07 Å². The van der Waals surface area contributed by atoms with Gasteiger partial charge in [-0.25, -0.2) is 8.42 Å². The molecule has 19 heavy (non-hydrogen) atoms. The van der Waals surface area contributed by atoms with Crippen LogP contribution in [0.1, 0.15) is 15.9 Å². The molecule has 0 aliphatic carbocycles. The summed E-state index contributed by atoms with van der Waals surface area (Å²) in [6.45, 7) is 0. The van der Waals surface area contributed by atoms with Gasteiger partial charge in [0.2, 0.25) is 0 Å². The van der Waals surface area contributed by atoms with Crippen LogP contribution in [-0.2, 0) is 9.05 Å². The summed E-state index contributed by atoms with van der Waals surface area (Å²) in [5.41, 5.74) is -5.65. The number of rotatable bonds is 3. The number of carbonyl (C=O) groups is 1. The largest absolute Gasteiger partial charge is 0.446 e. The second-order valence-electron chi connectivity index (χ2n) is 3.10. The monoisotopic (exact) mass is 329 g/mol. The summed E-state index contributed by atoms with van der Waals surface area (Å²) in [7, 11) is 0.623. The van der Waals surface area contributed by atoms with Crippen molar-refractivity contribution >= 4 is 37.8 Å². The molecule has 1 aromatic carbocycles. The van der Waals surface area contributed by atoms with Gasteiger partial charge in [-0.05, 0) is 23.9 Å². The molecule has 102 valence electrons. The molecular weight excluding hydrogens is 327 g/mol. The van der Waals surface area contributed by atoms with E-state index in [0.29, 0.717) is 6.07 Å². The summed E-state index contributed by atoms with van der Waals surface area (Å²) in [4.78, 5) is 9.27. The zero-order chi connectivity index (χ0) is 14.8. The predicted octanol–water partition coefficient (Wildman–Crippen LogP) is 2.91. The van der Waals surface area contributed by atoms with Crippen molar-refractivity contribution in [3.63, 3.8) is 0 Å². The summed E-state index contributed by atoms with van der Waals surface area (Å²) in [5, 5.41) is 8.70. The lowest BCUT2D eigenvalue weighted by Crippen LogP contribution is -2.04. The number of thioether (sulfide) groups is 1. The zero-order valence-electron chi connectivity index (χ0n) is 8.73.